The Morgan fingerprint density at radius 1 is 1.24 bits per heavy atom. The summed E-state index contributed by atoms with van der Waals surface area (Å²) in [5.41, 5.74) is -0.579. The van der Waals surface area contributed by atoms with Gasteiger partial charge >= 0.3 is 6.18 Å². The summed E-state index contributed by atoms with van der Waals surface area (Å²) in [5.74, 6) is 0.636. The number of aliphatic imine (C=N–C) groups is 1. The summed E-state index contributed by atoms with van der Waals surface area (Å²) >= 11 is 1.70. The highest BCUT2D eigenvalue weighted by Gasteiger charge is 2.33. The minimum Gasteiger partial charge on any atom is -0.497 e. The van der Waals surface area contributed by atoms with E-state index < -0.39 is 11.7 Å². The van der Waals surface area contributed by atoms with E-state index in [4.69, 9.17) is 4.74 Å². The van der Waals surface area contributed by atoms with Gasteiger partial charge in [-0.05, 0) is 37.8 Å². The number of ether oxygens (including phenoxy) is 1. The van der Waals surface area contributed by atoms with Crippen LogP contribution in [0.1, 0.15) is 25.0 Å². The van der Waals surface area contributed by atoms with Crippen LogP contribution in [-0.2, 0) is 12.7 Å². The molecule has 0 aromatic heterocycles. The van der Waals surface area contributed by atoms with Gasteiger partial charge in [0.2, 0.25) is 0 Å². The van der Waals surface area contributed by atoms with Gasteiger partial charge in [-0.2, -0.15) is 24.9 Å². The summed E-state index contributed by atoms with van der Waals surface area (Å²) in [4.78, 5) is 4.05. The second-order valence-electron chi connectivity index (χ2n) is 5.76. The molecule has 0 aliphatic heterocycles. The number of hydrogen-bond acceptors (Lipinski definition) is 3. The van der Waals surface area contributed by atoms with Gasteiger partial charge in [-0.15, -0.1) is 24.0 Å². The van der Waals surface area contributed by atoms with Crippen molar-refractivity contribution in [3.63, 3.8) is 0 Å². The number of nitrogens with zero attached hydrogens (tertiary/aromatic N) is 1. The second-order valence-corrected chi connectivity index (χ2v) is 7.28. The highest BCUT2D eigenvalue weighted by molar-refractivity contribution is 14.0. The number of benzene rings is 1. The molecule has 0 fully saturated rings. The van der Waals surface area contributed by atoms with E-state index in [0.29, 0.717) is 12.5 Å². The summed E-state index contributed by atoms with van der Waals surface area (Å²) in [5, 5.41) is 6.04. The molecule has 0 saturated heterocycles. The second kappa shape index (κ2) is 10.3. The van der Waals surface area contributed by atoms with E-state index in [1.165, 1.54) is 19.2 Å². The largest absolute Gasteiger partial charge is 0.497 e. The average Bonchev–Trinajstić information content (AvgIpc) is 2.54. The number of guanidine groups is 1. The molecule has 0 atom stereocenters. The van der Waals surface area contributed by atoms with Crippen molar-refractivity contribution in [3.8, 4) is 5.75 Å². The third kappa shape index (κ3) is 7.93. The minimum atomic E-state index is -4.44. The molecule has 1 rings (SSSR count). The summed E-state index contributed by atoms with van der Waals surface area (Å²) in [6.07, 6.45) is -2.44. The molecule has 0 aliphatic rings. The van der Waals surface area contributed by atoms with E-state index in [1.54, 1.807) is 18.8 Å². The number of nitrogens with one attached hydrogen (secondary N) is 2. The van der Waals surface area contributed by atoms with Crippen LogP contribution in [0.3, 0.4) is 0 Å². The average molecular weight is 491 g/mol. The van der Waals surface area contributed by atoms with E-state index in [0.717, 1.165) is 6.07 Å². The van der Waals surface area contributed by atoms with Crippen molar-refractivity contribution in [2.75, 3.05) is 27.0 Å². The van der Waals surface area contributed by atoms with Crippen molar-refractivity contribution in [3.05, 3.63) is 29.3 Å². The normalized spacial score (nSPS) is 12.4. The summed E-state index contributed by atoms with van der Waals surface area (Å²) < 4.78 is 44.4. The summed E-state index contributed by atoms with van der Waals surface area (Å²) in [6, 6.07) is 3.93. The molecule has 0 aliphatic carbocycles. The van der Waals surface area contributed by atoms with Crippen LogP contribution in [0.25, 0.3) is 0 Å². The Morgan fingerprint density at radius 3 is 2.36 bits per heavy atom. The molecule has 25 heavy (non-hydrogen) atoms. The molecular weight excluding hydrogens is 466 g/mol. The lowest BCUT2D eigenvalue weighted by Gasteiger charge is -2.24. The molecule has 0 unspecified atom stereocenters. The number of hydrogen-bond donors (Lipinski definition) is 2. The van der Waals surface area contributed by atoms with E-state index in [1.807, 2.05) is 6.26 Å². The lowest BCUT2D eigenvalue weighted by molar-refractivity contribution is -0.138. The topological polar surface area (TPSA) is 45.7 Å². The Labute approximate surface area is 168 Å². The van der Waals surface area contributed by atoms with E-state index in [2.05, 4.69) is 29.5 Å². The van der Waals surface area contributed by atoms with Gasteiger partial charge in [-0.1, -0.05) is 6.07 Å². The molecule has 144 valence electrons. The van der Waals surface area contributed by atoms with Crippen molar-refractivity contribution in [1.82, 2.24) is 10.6 Å². The van der Waals surface area contributed by atoms with Gasteiger partial charge < -0.3 is 15.4 Å². The van der Waals surface area contributed by atoms with Crippen LogP contribution in [0.2, 0.25) is 0 Å². The summed E-state index contributed by atoms with van der Waals surface area (Å²) in [6.45, 7) is 4.80. The lowest BCUT2D eigenvalue weighted by Crippen LogP contribution is -2.43. The molecule has 0 bridgehead atoms. The molecule has 2 N–H and O–H groups in total. The van der Waals surface area contributed by atoms with Gasteiger partial charge in [0.15, 0.2) is 5.96 Å². The molecule has 1 aromatic carbocycles. The van der Waals surface area contributed by atoms with Gasteiger partial charge in [0.1, 0.15) is 5.75 Å². The standard InChI is InChI=1S/C16H24F3N3OS.HI/c1-15(2,24-5)10-22-14(20-3)21-9-11-6-7-12(23-4)8-13(11)16(17,18)19;/h6-8H,9-10H2,1-5H3,(H2,20,21,22);1H. The Hall–Kier alpha value is -0.840. The minimum absolute atomic E-state index is 0. The molecule has 9 heteroatoms. The maximum Gasteiger partial charge on any atom is 0.416 e. The van der Waals surface area contributed by atoms with E-state index in [9.17, 15) is 13.2 Å². The zero-order valence-corrected chi connectivity index (χ0v) is 18.1. The van der Waals surface area contributed by atoms with Crippen LogP contribution in [0.4, 0.5) is 13.2 Å². The predicted molar refractivity (Wildman–Crippen MR) is 109 cm³/mol. The zero-order chi connectivity index (χ0) is 18.4. The first-order valence-electron chi connectivity index (χ1n) is 7.36. The maximum atomic E-state index is 13.2. The fourth-order valence-electron chi connectivity index (χ4n) is 1.87. The maximum absolute atomic E-state index is 13.2. The smallest absolute Gasteiger partial charge is 0.416 e. The SMILES string of the molecule is CN=C(NCc1ccc(OC)cc1C(F)(F)F)NCC(C)(C)SC.I. The van der Waals surface area contributed by atoms with Crippen LogP contribution in [0.15, 0.2) is 23.2 Å². The Balaban J connectivity index is 0.00000576. The highest BCUT2D eigenvalue weighted by atomic mass is 127. The van der Waals surface area contributed by atoms with E-state index >= 15 is 0 Å². The van der Waals surface area contributed by atoms with Crippen LogP contribution >= 0.6 is 35.7 Å². The molecular formula is C16H25F3IN3OS. The first-order valence-corrected chi connectivity index (χ1v) is 8.59. The van der Waals surface area contributed by atoms with Crippen LogP contribution in [0.5, 0.6) is 5.75 Å². The Bertz CT molecular complexity index is 580. The highest BCUT2D eigenvalue weighted by Crippen LogP contribution is 2.34. The molecule has 1 aromatic rings. The van der Waals surface area contributed by atoms with Crippen LogP contribution in [-0.4, -0.2) is 37.7 Å². The fourth-order valence-corrected chi connectivity index (χ4v) is 2.09. The molecule has 0 radical (unpaired) electrons. The van der Waals surface area contributed by atoms with Gasteiger partial charge in [-0.25, -0.2) is 0 Å². The van der Waals surface area contributed by atoms with E-state index in [-0.39, 0.29) is 46.6 Å². The van der Waals surface area contributed by atoms with Gasteiger partial charge in [0, 0.05) is 24.9 Å². The van der Waals surface area contributed by atoms with Crippen LogP contribution in [0, 0.1) is 0 Å². The Morgan fingerprint density at radius 2 is 1.88 bits per heavy atom. The van der Waals surface area contributed by atoms with Crippen LogP contribution < -0.4 is 15.4 Å². The van der Waals surface area contributed by atoms with Gasteiger partial charge in [-0.3, -0.25) is 4.99 Å². The van der Waals surface area contributed by atoms with Crippen molar-refractivity contribution in [2.45, 2.75) is 31.3 Å². The van der Waals surface area contributed by atoms with Crippen molar-refractivity contribution in [1.29, 1.82) is 0 Å². The number of thioether (sulfide) groups is 1. The third-order valence-electron chi connectivity index (χ3n) is 3.53. The predicted octanol–water partition coefficient (Wildman–Crippen LogP) is 4.14. The third-order valence-corrected chi connectivity index (χ3v) is 4.78. The first-order chi connectivity index (χ1) is 11.1. The summed E-state index contributed by atoms with van der Waals surface area (Å²) in [7, 11) is 2.92. The number of rotatable bonds is 6. The van der Waals surface area contributed by atoms with Gasteiger partial charge in [0.05, 0.1) is 12.7 Å². The molecule has 0 heterocycles. The van der Waals surface area contributed by atoms with Crippen molar-refractivity contribution in [2.24, 2.45) is 4.99 Å². The molecule has 0 saturated carbocycles. The first kappa shape index (κ1) is 24.2. The quantitative estimate of drug-likeness (QED) is 0.357. The molecule has 0 spiro atoms. The lowest BCUT2D eigenvalue weighted by atomic mass is 10.1. The monoisotopic (exact) mass is 491 g/mol. The van der Waals surface area contributed by atoms with Crippen molar-refractivity contribution < 1.29 is 17.9 Å². The number of alkyl halides is 3. The number of halogens is 4. The molecule has 0 amide bonds. The molecule has 4 nitrogen and oxygen atoms in total. The zero-order valence-electron chi connectivity index (χ0n) is 15.0. The van der Waals surface area contributed by atoms with Gasteiger partial charge in [0.25, 0.3) is 0 Å². The van der Waals surface area contributed by atoms with Crippen molar-refractivity contribution >= 4 is 41.7 Å². The fraction of sp³-hybridized carbons (Fsp3) is 0.562. The Kier molecular flexibility index (Phi) is 10.00. The number of methoxy groups -OCH3 is 1.